The van der Waals surface area contributed by atoms with Crippen molar-refractivity contribution in [3.63, 3.8) is 0 Å². The van der Waals surface area contributed by atoms with Crippen LogP contribution in [0.1, 0.15) is 79.2 Å². The Bertz CT molecular complexity index is 2490. The molecule has 8 aromatic carbocycles. The van der Waals surface area contributed by atoms with Crippen molar-refractivity contribution in [2.45, 2.75) is 72.1 Å². The molecule has 1 unspecified atom stereocenters. The maximum absolute atomic E-state index is 2.43. The predicted molar refractivity (Wildman–Crippen MR) is 256 cm³/mol. The predicted octanol–water partition coefficient (Wildman–Crippen LogP) is 17.1. The van der Waals surface area contributed by atoms with E-state index in [2.05, 4.69) is 211 Å². The van der Waals surface area contributed by atoms with Gasteiger partial charge in [0.2, 0.25) is 0 Å². The minimum absolute atomic E-state index is 0.607. The van der Waals surface area contributed by atoms with E-state index in [1.807, 2.05) is 24.3 Å². The first kappa shape index (κ1) is 40.9. The first-order chi connectivity index (χ1) is 28.9. The van der Waals surface area contributed by atoms with Crippen LogP contribution in [-0.4, -0.2) is 0 Å². The zero-order valence-corrected chi connectivity index (χ0v) is 35.5. The van der Waals surface area contributed by atoms with Crippen LogP contribution in [0.25, 0.3) is 55.6 Å². The van der Waals surface area contributed by atoms with E-state index in [1.54, 1.807) is 0 Å². The molecule has 1 aliphatic carbocycles. The molecule has 0 bridgehead atoms. The van der Waals surface area contributed by atoms with Crippen molar-refractivity contribution in [3.05, 3.63) is 228 Å². The van der Waals surface area contributed by atoms with Gasteiger partial charge in [0.1, 0.15) is 0 Å². The molecule has 0 aromatic heterocycles. The highest BCUT2D eigenvalue weighted by Crippen LogP contribution is 2.44. The normalized spacial score (nSPS) is 12.6. The van der Waals surface area contributed by atoms with Gasteiger partial charge in [-0.15, -0.1) is 0 Å². The highest BCUT2D eigenvalue weighted by atomic mass is 14.3. The van der Waals surface area contributed by atoms with Gasteiger partial charge in [0.15, 0.2) is 0 Å². The smallest absolute Gasteiger partial charge is 0.0140 e. The van der Waals surface area contributed by atoms with Gasteiger partial charge in [0, 0.05) is 0 Å². The number of rotatable bonds is 8. The minimum atomic E-state index is 0.607. The Kier molecular flexibility index (Phi) is 13.8. The Balaban J connectivity index is 0.000000214. The topological polar surface area (TPSA) is 0 Å². The fraction of sp³-hybridized carbons (Fsp3) is 0.186. The van der Waals surface area contributed by atoms with E-state index in [4.69, 9.17) is 0 Å². The molecule has 1 saturated carbocycles. The molecule has 0 saturated heterocycles. The Morgan fingerprint density at radius 1 is 0.407 bits per heavy atom. The van der Waals surface area contributed by atoms with Crippen molar-refractivity contribution in [3.8, 4) is 55.6 Å². The van der Waals surface area contributed by atoms with Gasteiger partial charge in [-0.2, -0.15) is 0 Å². The maximum Gasteiger partial charge on any atom is -0.0140 e. The molecule has 59 heavy (non-hydrogen) atoms. The largest absolute Gasteiger partial charge is 0.0648 e. The molecule has 0 amide bonds. The second-order valence-corrected chi connectivity index (χ2v) is 16.2. The third kappa shape index (κ3) is 10.6. The summed E-state index contributed by atoms with van der Waals surface area (Å²) in [5.74, 6) is 1.29. The monoisotopic (exact) mass is 766 g/mol. The van der Waals surface area contributed by atoms with Crippen LogP contribution in [0.4, 0.5) is 0 Å². The molecule has 0 radical (unpaired) electrons. The molecule has 0 heteroatoms. The lowest BCUT2D eigenvalue weighted by molar-refractivity contribution is 0.420. The van der Waals surface area contributed by atoms with E-state index in [1.165, 1.54) is 109 Å². The number of benzene rings is 8. The summed E-state index contributed by atoms with van der Waals surface area (Å²) in [6, 6.07) is 72.4. The molecule has 1 atom stereocenters. The Morgan fingerprint density at radius 3 is 1.27 bits per heavy atom. The van der Waals surface area contributed by atoms with E-state index >= 15 is 0 Å². The van der Waals surface area contributed by atoms with Gasteiger partial charge < -0.3 is 0 Å². The summed E-state index contributed by atoms with van der Waals surface area (Å²) < 4.78 is 0. The summed E-state index contributed by atoms with van der Waals surface area (Å²) in [4.78, 5) is 0. The molecule has 294 valence electrons. The van der Waals surface area contributed by atoms with Crippen LogP contribution in [0.2, 0.25) is 0 Å². The average molecular weight is 767 g/mol. The molecule has 1 aliphatic rings. The van der Waals surface area contributed by atoms with E-state index in [0.29, 0.717) is 11.8 Å². The molecule has 9 rings (SSSR count). The minimum Gasteiger partial charge on any atom is -0.0648 e. The van der Waals surface area contributed by atoms with E-state index in [-0.39, 0.29) is 0 Å². The van der Waals surface area contributed by atoms with Gasteiger partial charge in [-0.05, 0) is 136 Å². The highest BCUT2D eigenvalue weighted by molar-refractivity contribution is 5.82. The van der Waals surface area contributed by atoms with Crippen LogP contribution in [0.5, 0.6) is 0 Å². The molecule has 0 spiro atoms. The third-order valence-corrected chi connectivity index (χ3v) is 12.0. The summed E-state index contributed by atoms with van der Waals surface area (Å²) in [5.41, 5.74) is 19.9. The molecule has 0 nitrogen and oxygen atoms in total. The van der Waals surface area contributed by atoms with Crippen molar-refractivity contribution < 1.29 is 0 Å². The van der Waals surface area contributed by atoms with Gasteiger partial charge in [0.05, 0.1) is 0 Å². The van der Waals surface area contributed by atoms with Gasteiger partial charge in [0.25, 0.3) is 0 Å². The number of hydrogen-bond donors (Lipinski definition) is 0. The first-order valence-electron chi connectivity index (χ1n) is 21.5. The van der Waals surface area contributed by atoms with Crippen LogP contribution in [0.15, 0.2) is 200 Å². The van der Waals surface area contributed by atoms with Crippen LogP contribution >= 0.6 is 0 Å². The Morgan fingerprint density at radius 2 is 0.797 bits per heavy atom. The third-order valence-electron chi connectivity index (χ3n) is 12.0. The number of aryl methyl sites for hydroxylation is 3. The summed E-state index contributed by atoms with van der Waals surface area (Å²) in [6.45, 7) is 11.0. The Hall–Kier alpha value is -6.24. The van der Waals surface area contributed by atoms with Crippen LogP contribution in [-0.2, 0) is 0 Å². The van der Waals surface area contributed by atoms with Crippen LogP contribution in [0, 0.1) is 20.8 Å². The van der Waals surface area contributed by atoms with Gasteiger partial charge in [-0.3, -0.25) is 0 Å². The Labute approximate surface area is 354 Å². The molecular formula is C59H58. The molecular weight excluding hydrogens is 709 g/mol. The van der Waals surface area contributed by atoms with E-state index < -0.39 is 0 Å². The highest BCUT2D eigenvalue weighted by Gasteiger charge is 2.24. The lowest BCUT2D eigenvalue weighted by atomic mass is 9.76. The fourth-order valence-electron chi connectivity index (χ4n) is 7.77. The maximum atomic E-state index is 2.43. The van der Waals surface area contributed by atoms with Gasteiger partial charge in [-0.1, -0.05) is 219 Å². The molecule has 1 fully saturated rings. The molecule has 0 N–H and O–H groups in total. The second kappa shape index (κ2) is 20.0. The number of hydrogen-bond acceptors (Lipinski definition) is 0. The zero-order valence-electron chi connectivity index (χ0n) is 35.5. The van der Waals surface area contributed by atoms with Gasteiger partial charge in [-0.25, -0.2) is 0 Å². The van der Waals surface area contributed by atoms with Crippen molar-refractivity contribution in [1.29, 1.82) is 0 Å². The van der Waals surface area contributed by atoms with Crippen molar-refractivity contribution >= 4 is 0 Å². The van der Waals surface area contributed by atoms with Gasteiger partial charge >= 0.3 is 0 Å². The standard InChI is InChI=1S/C39H38.C13H12.C7H8/c1-4-27(2)29-15-17-31(18-16-29)32-19-21-33(22-20-32)35-14-13-28(3)38(25-35)39-26-36(30-9-6-5-7-10-30)23-24-37(39)34-11-8-12-34;1-11-7-9-13(10-8-11)12-5-3-2-4-6-12;1-7-5-3-2-4-6-7/h5-7,9-10,13-27,34H,4,8,11-12H2,1-3H3;2-10H,1H3;2-6H,1H3. The van der Waals surface area contributed by atoms with E-state index in [0.717, 1.165) is 0 Å². The summed E-state index contributed by atoms with van der Waals surface area (Å²) in [5, 5.41) is 0. The summed E-state index contributed by atoms with van der Waals surface area (Å²) in [6.07, 6.45) is 5.12. The molecule has 8 aromatic rings. The summed E-state index contributed by atoms with van der Waals surface area (Å²) in [7, 11) is 0. The van der Waals surface area contributed by atoms with Crippen LogP contribution in [0.3, 0.4) is 0 Å². The quantitative estimate of drug-likeness (QED) is 0.144. The van der Waals surface area contributed by atoms with E-state index in [9.17, 15) is 0 Å². The molecule has 0 aliphatic heterocycles. The molecule has 0 heterocycles. The fourth-order valence-corrected chi connectivity index (χ4v) is 7.77. The average Bonchev–Trinajstić information content (AvgIpc) is 3.28. The lowest BCUT2D eigenvalue weighted by Crippen LogP contribution is -2.10. The SMILES string of the molecule is CCC(C)c1ccc(-c2ccc(-c3ccc(C)c(-c4cc(-c5ccccc5)ccc4C4CCC4)c3)cc2)cc1.Cc1ccc(-c2ccccc2)cc1.Cc1ccccc1. The van der Waals surface area contributed by atoms with Crippen molar-refractivity contribution in [2.24, 2.45) is 0 Å². The lowest BCUT2D eigenvalue weighted by Gasteiger charge is -2.29. The summed E-state index contributed by atoms with van der Waals surface area (Å²) >= 11 is 0. The first-order valence-corrected chi connectivity index (χ1v) is 21.5. The zero-order chi connectivity index (χ0) is 41.0. The van der Waals surface area contributed by atoms with Crippen LogP contribution < -0.4 is 0 Å². The van der Waals surface area contributed by atoms with Crippen molar-refractivity contribution in [1.82, 2.24) is 0 Å². The van der Waals surface area contributed by atoms with Crippen molar-refractivity contribution in [2.75, 3.05) is 0 Å². The second-order valence-electron chi connectivity index (χ2n) is 16.2.